The smallest absolute Gasteiger partial charge is 0.321 e. The summed E-state index contributed by atoms with van der Waals surface area (Å²) < 4.78 is 10.4. The summed E-state index contributed by atoms with van der Waals surface area (Å²) in [5.41, 5.74) is 1.32. The molecule has 0 spiro atoms. The second-order valence-corrected chi connectivity index (χ2v) is 7.35. The molecule has 0 saturated carbocycles. The lowest BCUT2D eigenvalue weighted by Gasteiger charge is -2.31. The van der Waals surface area contributed by atoms with E-state index in [1.165, 1.54) is 0 Å². The molecule has 0 aromatic heterocycles. The lowest BCUT2D eigenvalue weighted by molar-refractivity contribution is -0.158. The van der Waals surface area contributed by atoms with E-state index >= 15 is 0 Å². The third kappa shape index (κ3) is 6.21. The first-order valence-electron chi connectivity index (χ1n) is 10.2. The minimum atomic E-state index is -0.922. The maximum absolute atomic E-state index is 12.5. The second kappa shape index (κ2) is 10.5. The molecular weight excluding hydrogens is 398 g/mol. The van der Waals surface area contributed by atoms with Gasteiger partial charge in [0.25, 0.3) is 5.91 Å². The van der Waals surface area contributed by atoms with Crippen LogP contribution in [0.3, 0.4) is 0 Å². The predicted octanol–water partition coefficient (Wildman–Crippen LogP) is 3.51. The zero-order chi connectivity index (χ0) is 22.2. The average Bonchev–Trinajstić information content (AvgIpc) is 2.80. The Morgan fingerprint density at radius 2 is 1.55 bits per heavy atom. The van der Waals surface area contributed by atoms with Gasteiger partial charge in [0.15, 0.2) is 6.10 Å². The highest BCUT2D eigenvalue weighted by Gasteiger charge is 2.30. The summed E-state index contributed by atoms with van der Waals surface area (Å²) in [5, 5.41) is 5.56. The molecule has 8 heteroatoms. The monoisotopic (exact) mass is 425 g/mol. The van der Waals surface area contributed by atoms with Crippen molar-refractivity contribution >= 4 is 29.3 Å². The van der Waals surface area contributed by atoms with Gasteiger partial charge in [0, 0.05) is 24.5 Å². The number of likely N-dealkylation sites (tertiary alicyclic amines) is 1. The molecule has 31 heavy (non-hydrogen) atoms. The van der Waals surface area contributed by atoms with Crippen molar-refractivity contribution < 1.29 is 23.9 Å². The summed E-state index contributed by atoms with van der Waals surface area (Å²) in [4.78, 5) is 38.8. The number of para-hydroxylation sites is 1. The van der Waals surface area contributed by atoms with Crippen molar-refractivity contribution in [2.24, 2.45) is 5.92 Å². The fourth-order valence-electron chi connectivity index (χ4n) is 3.28. The Bertz CT molecular complexity index is 893. The van der Waals surface area contributed by atoms with Gasteiger partial charge in [-0.1, -0.05) is 18.2 Å². The van der Waals surface area contributed by atoms with Crippen LogP contribution in [0, 0.1) is 5.92 Å². The van der Waals surface area contributed by atoms with Crippen LogP contribution >= 0.6 is 0 Å². The number of nitrogens with one attached hydrogen (secondary N) is 2. The van der Waals surface area contributed by atoms with E-state index in [0.717, 1.165) is 5.69 Å². The summed E-state index contributed by atoms with van der Waals surface area (Å²) in [5.74, 6) is -0.475. The Labute approximate surface area is 181 Å². The van der Waals surface area contributed by atoms with Crippen molar-refractivity contribution in [1.82, 2.24) is 4.90 Å². The zero-order valence-electron chi connectivity index (χ0n) is 17.7. The predicted molar refractivity (Wildman–Crippen MR) is 117 cm³/mol. The zero-order valence-corrected chi connectivity index (χ0v) is 17.7. The van der Waals surface area contributed by atoms with Crippen molar-refractivity contribution in [2.75, 3.05) is 30.8 Å². The first-order chi connectivity index (χ1) is 15.0. The van der Waals surface area contributed by atoms with Crippen LogP contribution in [0.5, 0.6) is 5.75 Å². The van der Waals surface area contributed by atoms with Crippen LogP contribution in [0.4, 0.5) is 16.2 Å². The number of hydrogen-bond acceptors (Lipinski definition) is 5. The van der Waals surface area contributed by atoms with Gasteiger partial charge in [-0.2, -0.15) is 0 Å². The van der Waals surface area contributed by atoms with Crippen molar-refractivity contribution in [3.05, 3.63) is 54.6 Å². The highest BCUT2D eigenvalue weighted by molar-refractivity contribution is 5.95. The molecule has 0 bridgehead atoms. The largest absolute Gasteiger partial charge is 0.497 e. The molecule has 0 radical (unpaired) electrons. The maximum Gasteiger partial charge on any atom is 0.321 e. The number of anilines is 2. The van der Waals surface area contributed by atoms with Crippen LogP contribution in [0.15, 0.2) is 54.6 Å². The van der Waals surface area contributed by atoms with E-state index in [9.17, 15) is 14.4 Å². The van der Waals surface area contributed by atoms with E-state index in [0.29, 0.717) is 37.4 Å². The SMILES string of the molecule is COc1ccc(NC(=O)[C@H](C)OC(=O)C2CCN(C(=O)Nc3ccccc3)CC2)cc1. The molecule has 1 atom stereocenters. The van der Waals surface area contributed by atoms with Crippen molar-refractivity contribution in [3.8, 4) is 5.75 Å². The first-order valence-corrected chi connectivity index (χ1v) is 10.2. The van der Waals surface area contributed by atoms with E-state index < -0.39 is 18.0 Å². The average molecular weight is 425 g/mol. The Balaban J connectivity index is 1.43. The van der Waals surface area contributed by atoms with Crippen LogP contribution in [0.25, 0.3) is 0 Å². The van der Waals surface area contributed by atoms with Crippen molar-refractivity contribution in [2.45, 2.75) is 25.9 Å². The Hall–Kier alpha value is -3.55. The summed E-state index contributed by atoms with van der Waals surface area (Å²) in [6.07, 6.45) is 0.0656. The van der Waals surface area contributed by atoms with Crippen LogP contribution in [0.1, 0.15) is 19.8 Å². The molecule has 3 rings (SSSR count). The number of nitrogens with zero attached hydrogens (tertiary/aromatic N) is 1. The molecule has 1 aliphatic heterocycles. The third-order valence-corrected chi connectivity index (χ3v) is 5.16. The Kier molecular flexibility index (Phi) is 7.48. The molecule has 2 N–H and O–H groups in total. The molecule has 1 saturated heterocycles. The van der Waals surface area contributed by atoms with Gasteiger partial charge in [-0.25, -0.2) is 4.79 Å². The molecule has 0 aliphatic carbocycles. The number of benzene rings is 2. The number of ether oxygens (including phenoxy) is 2. The molecule has 1 aliphatic rings. The number of carbonyl (C=O) groups is 3. The van der Waals surface area contributed by atoms with Gasteiger partial charge in [-0.05, 0) is 56.2 Å². The van der Waals surface area contributed by atoms with Crippen LogP contribution in [0.2, 0.25) is 0 Å². The van der Waals surface area contributed by atoms with Gasteiger partial charge >= 0.3 is 12.0 Å². The normalized spacial score (nSPS) is 15.0. The Morgan fingerprint density at radius 3 is 2.16 bits per heavy atom. The number of urea groups is 1. The number of methoxy groups -OCH3 is 1. The second-order valence-electron chi connectivity index (χ2n) is 7.35. The fourth-order valence-corrected chi connectivity index (χ4v) is 3.28. The quantitative estimate of drug-likeness (QED) is 0.691. The lowest BCUT2D eigenvalue weighted by Crippen LogP contribution is -2.43. The molecule has 2 aromatic rings. The number of rotatable bonds is 6. The fraction of sp³-hybridized carbons (Fsp3) is 0.348. The molecule has 0 unspecified atom stereocenters. The number of esters is 1. The van der Waals surface area contributed by atoms with E-state index in [1.54, 1.807) is 43.2 Å². The lowest BCUT2D eigenvalue weighted by atomic mass is 9.97. The Morgan fingerprint density at radius 1 is 0.935 bits per heavy atom. The summed E-state index contributed by atoms with van der Waals surface area (Å²) >= 11 is 0. The van der Waals surface area contributed by atoms with Gasteiger partial charge in [-0.3, -0.25) is 9.59 Å². The van der Waals surface area contributed by atoms with Gasteiger partial charge in [0.1, 0.15) is 5.75 Å². The first kappa shape index (κ1) is 22.1. The summed E-state index contributed by atoms with van der Waals surface area (Å²) in [6, 6.07) is 15.9. The molecule has 1 heterocycles. The van der Waals surface area contributed by atoms with E-state index in [2.05, 4.69) is 10.6 Å². The van der Waals surface area contributed by atoms with Gasteiger partial charge in [0.05, 0.1) is 13.0 Å². The van der Waals surface area contributed by atoms with Gasteiger partial charge in [-0.15, -0.1) is 0 Å². The molecule has 8 nitrogen and oxygen atoms in total. The number of carbonyl (C=O) groups excluding carboxylic acids is 3. The van der Waals surface area contributed by atoms with E-state index in [-0.39, 0.29) is 11.9 Å². The number of piperidine rings is 1. The summed E-state index contributed by atoms with van der Waals surface area (Å²) in [6.45, 7) is 2.44. The number of hydrogen-bond donors (Lipinski definition) is 2. The summed E-state index contributed by atoms with van der Waals surface area (Å²) in [7, 11) is 1.56. The van der Waals surface area contributed by atoms with Gasteiger partial charge in [0.2, 0.25) is 0 Å². The highest BCUT2D eigenvalue weighted by atomic mass is 16.5. The van der Waals surface area contributed by atoms with E-state index in [1.807, 2.05) is 30.3 Å². The molecule has 3 amide bonds. The van der Waals surface area contributed by atoms with Crippen LogP contribution < -0.4 is 15.4 Å². The van der Waals surface area contributed by atoms with Crippen molar-refractivity contribution in [3.63, 3.8) is 0 Å². The molecule has 2 aromatic carbocycles. The van der Waals surface area contributed by atoms with E-state index in [4.69, 9.17) is 9.47 Å². The minimum absolute atomic E-state index is 0.190. The molecule has 164 valence electrons. The number of amides is 3. The molecule has 1 fully saturated rings. The third-order valence-electron chi connectivity index (χ3n) is 5.16. The topological polar surface area (TPSA) is 97.0 Å². The molecular formula is C23H27N3O5. The van der Waals surface area contributed by atoms with Crippen molar-refractivity contribution in [1.29, 1.82) is 0 Å². The highest BCUT2D eigenvalue weighted by Crippen LogP contribution is 2.21. The minimum Gasteiger partial charge on any atom is -0.497 e. The van der Waals surface area contributed by atoms with Crippen LogP contribution in [-0.4, -0.2) is 49.1 Å². The standard InChI is InChI=1S/C23H27N3O5/c1-16(21(27)24-19-8-10-20(30-2)11-9-19)31-22(28)17-12-14-26(15-13-17)23(29)25-18-6-4-3-5-7-18/h3-11,16-17H,12-15H2,1-2H3,(H,24,27)(H,25,29)/t16-/m0/s1. The van der Waals surface area contributed by atoms with Gasteiger partial charge < -0.3 is 25.0 Å². The maximum atomic E-state index is 12.5. The van der Waals surface area contributed by atoms with Crippen LogP contribution in [-0.2, 0) is 14.3 Å².